The molecule has 2 nitrogen and oxygen atoms in total. The molecular weight excluding hydrogens is 230 g/mol. The molecule has 0 aliphatic rings. The molecule has 3 heteroatoms. The third-order valence-electron chi connectivity index (χ3n) is 1.69. The Morgan fingerprint density at radius 1 is 1.31 bits per heavy atom. The number of benzene rings is 1. The van der Waals surface area contributed by atoms with Gasteiger partial charge in [-0.05, 0) is 30.7 Å². The Morgan fingerprint density at radius 3 is 2.54 bits per heavy atom. The predicted molar refractivity (Wildman–Crippen MR) is 59.9 cm³/mol. The van der Waals surface area contributed by atoms with Crippen molar-refractivity contribution >= 4 is 21.6 Å². The highest BCUT2D eigenvalue weighted by Crippen LogP contribution is 2.15. The second kappa shape index (κ2) is 5.86. The molecule has 0 aromatic heterocycles. The van der Waals surface area contributed by atoms with Gasteiger partial charge < -0.3 is 10.1 Å². The first-order valence-electron chi connectivity index (χ1n) is 4.33. The highest BCUT2D eigenvalue weighted by atomic mass is 79.9. The van der Waals surface area contributed by atoms with Crippen molar-refractivity contribution in [1.82, 2.24) is 0 Å². The quantitative estimate of drug-likeness (QED) is 0.635. The Bertz CT molecular complexity index is 235. The molecule has 0 heterocycles. The van der Waals surface area contributed by atoms with Gasteiger partial charge in [-0.3, -0.25) is 0 Å². The summed E-state index contributed by atoms with van der Waals surface area (Å²) in [6.07, 6.45) is 1.04. The fourth-order valence-electron chi connectivity index (χ4n) is 0.962. The van der Waals surface area contributed by atoms with E-state index in [1.165, 1.54) is 0 Å². The summed E-state index contributed by atoms with van der Waals surface area (Å²) in [5.41, 5.74) is 1.10. The van der Waals surface area contributed by atoms with Crippen molar-refractivity contribution in [1.29, 1.82) is 0 Å². The number of hydrogen-bond donors (Lipinski definition) is 1. The minimum atomic E-state index is 0.768. The lowest BCUT2D eigenvalue weighted by Gasteiger charge is -2.05. The van der Waals surface area contributed by atoms with Gasteiger partial charge in [-0.15, -0.1) is 0 Å². The summed E-state index contributed by atoms with van der Waals surface area (Å²) in [5.74, 6) is 0.931. The van der Waals surface area contributed by atoms with Gasteiger partial charge in [0.25, 0.3) is 0 Å². The fraction of sp³-hybridized carbons (Fsp3) is 0.400. The van der Waals surface area contributed by atoms with E-state index < -0.39 is 0 Å². The van der Waals surface area contributed by atoms with E-state index >= 15 is 0 Å². The lowest BCUT2D eigenvalue weighted by atomic mass is 10.3. The zero-order valence-electron chi connectivity index (χ0n) is 7.72. The lowest BCUT2D eigenvalue weighted by Crippen LogP contribution is -1.97. The second-order valence-corrected chi connectivity index (χ2v) is 3.46. The van der Waals surface area contributed by atoms with Crippen molar-refractivity contribution in [2.45, 2.75) is 6.42 Å². The molecule has 0 saturated heterocycles. The molecule has 0 radical (unpaired) electrons. The van der Waals surface area contributed by atoms with Crippen LogP contribution in [0, 0.1) is 0 Å². The topological polar surface area (TPSA) is 21.3 Å². The van der Waals surface area contributed by atoms with E-state index in [9.17, 15) is 0 Å². The second-order valence-electron chi connectivity index (χ2n) is 2.67. The summed E-state index contributed by atoms with van der Waals surface area (Å²) in [4.78, 5) is 0. The van der Waals surface area contributed by atoms with E-state index in [0.717, 1.165) is 29.8 Å². The molecule has 0 aliphatic heterocycles. The molecule has 0 amide bonds. The van der Waals surface area contributed by atoms with Crippen LogP contribution in [0.25, 0.3) is 0 Å². The molecule has 13 heavy (non-hydrogen) atoms. The Balaban J connectivity index is 2.40. The van der Waals surface area contributed by atoms with Crippen molar-refractivity contribution in [3.05, 3.63) is 24.3 Å². The van der Waals surface area contributed by atoms with Gasteiger partial charge in [-0.1, -0.05) is 15.9 Å². The average molecular weight is 244 g/mol. The maximum Gasteiger partial charge on any atom is 0.119 e. The van der Waals surface area contributed by atoms with Crippen LogP contribution in [0.15, 0.2) is 24.3 Å². The monoisotopic (exact) mass is 243 g/mol. The summed E-state index contributed by atoms with van der Waals surface area (Å²) in [5, 5.41) is 4.05. The molecule has 1 rings (SSSR count). The minimum absolute atomic E-state index is 0.768. The first kappa shape index (κ1) is 10.4. The van der Waals surface area contributed by atoms with E-state index in [1.807, 2.05) is 31.3 Å². The summed E-state index contributed by atoms with van der Waals surface area (Å²) in [6.45, 7) is 0.768. The molecule has 0 bridgehead atoms. The van der Waals surface area contributed by atoms with Crippen molar-refractivity contribution in [3.63, 3.8) is 0 Å². The van der Waals surface area contributed by atoms with Gasteiger partial charge in [0, 0.05) is 18.1 Å². The number of nitrogens with one attached hydrogen (secondary N) is 1. The third kappa shape index (κ3) is 3.68. The normalized spacial score (nSPS) is 9.69. The Kier molecular flexibility index (Phi) is 4.68. The Morgan fingerprint density at radius 2 is 2.00 bits per heavy atom. The first-order valence-corrected chi connectivity index (χ1v) is 5.45. The molecule has 1 N–H and O–H groups in total. The molecule has 0 spiro atoms. The van der Waals surface area contributed by atoms with E-state index in [1.54, 1.807) is 0 Å². The molecule has 0 unspecified atom stereocenters. The predicted octanol–water partition coefficient (Wildman–Crippen LogP) is 2.89. The van der Waals surface area contributed by atoms with Crippen LogP contribution in [0.4, 0.5) is 5.69 Å². The van der Waals surface area contributed by atoms with E-state index in [2.05, 4.69) is 21.2 Å². The fourth-order valence-corrected chi connectivity index (χ4v) is 1.19. The number of anilines is 1. The Hall–Kier alpha value is -0.700. The van der Waals surface area contributed by atoms with Gasteiger partial charge in [0.05, 0.1) is 6.61 Å². The van der Waals surface area contributed by atoms with Crippen LogP contribution in [0.5, 0.6) is 5.75 Å². The highest BCUT2D eigenvalue weighted by Gasteiger charge is 1.92. The van der Waals surface area contributed by atoms with Crippen LogP contribution in [-0.4, -0.2) is 19.0 Å². The first-order chi connectivity index (χ1) is 6.36. The van der Waals surface area contributed by atoms with Crippen LogP contribution in [-0.2, 0) is 0 Å². The van der Waals surface area contributed by atoms with Crippen molar-refractivity contribution < 1.29 is 4.74 Å². The lowest BCUT2D eigenvalue weighted by molar-refractivity contribution is 0.319. The molecule has 0 aliphatic carbocycles. The Labute approximate surface area is 87.4 Å². The van der Waals surface area contributed by atoms with E-state index in [4.69, 9.17) is 4.74 Å². The van der Waals surface area contributed by atoms with Crippen LogP contribution >= 0.6 is 15.9 Å². The smallest absolute Gasteiger partial charge is 0.119 e. The van der Waals surface area contributed by atoms with Gasteiger partial charge in [0.15, 0.2) is 0 Å². The molecule has 1 aromatic carbocycles. The molecule has 72 valence electrons. The number of halogens is 1. The SMILES string of the molecule is CNc1ccc(OCCCBr)cc1. The maximum absolute atomic E-state index is 5.49. The number of rotatable bonds is 5. The molecule has 1 aromatic rings. The molecule has 0 fully saturated rings. The molecule has 0 atom stereocenters. The van der Waals surface area contributed by atoms with Crippen LogP contribution in [0.3, 0.4) is 0 Å². The molecular formula is C10H14BrNO. The minimum Gasteiger partial charge on any atom is -0.494 e. The van der Waals surface area contributed by atoms with Crippen LogP contribution in [0.1, 0.15) is 6.42 Å². The highest BCUT2D eigenvalue weighted by molar-refractivity contribution is 9.09. The van der Waals surface area contributed by atoms with E-state index in [-0.39, 0.29) is 0 Å². The summed E-state index contributed by atoms with van der Waals surface area (Å²) in [6, 6.07) is 7.95. The van der Waals surface area contributed by atoms with Gasteiger partial charge in [0.1, 0.15) is 5.75 Å². The summed E-state index contributed by atoms with van der Waals surface area (Å²) in [7, 11) is 1.90. The van der Waals surface area contributed by atoms with Gasteiger partial charge >= 0.3 is 0 Å². The summed E-state index contributed by atoms with van der Waals surface area (Å²) >= 11 is 3.36. The zero-order valence-corrected chi connectivity index (χ0v) is 9.30. The zero-order chi connectivity index (χ0) is 9.52. The van der Waals surface area contributed by atoms with Crippen molar-refractivity contribution in [2.75, 3.05) is 24.3 Å². The summed E-state index contributed by atoms with van der Waals surface area (Å²) < 4.78 is 5.49. The largest absolute Gasteiger partial charge is 0.494 e. The molecule has 0 saturated carbocycles. The number of hydrogen-bond acceptors (Lipinski definition) is 2. The van der Waals surface area contributed by atoms with Crippen LogP contribution < -0.4 is 10.1 Å². The maximum atomic E-state index is 5.49. The van der Waals surface area contributed by atoms with Gasteiger partial charge in [-0.2, -0.15) is 0 Å². The van der Waals surface area contributed by atoms with Gasteiger partial charge in [-0.25, -0.2) is 0 Å². The van der Waals surface area contributed by atoms with Crippen molar-refractivity contribution in [3.8, 4) is 5.75 Å². The van der Waals surface area contributed by atoms with Crippen LogP contribution in [0.2, 0.25) is 0 Å². The number of ether oxygens (including phenoxy) is 1. The average Bonchev–Trinajstić information content (AvgIpc) is 2.19. The number of alkyl halides is 1. The van der Waals surface area contributed by atoms with Crippen molar-refractivity contribution in [2.24, 2.45) is 0 Å². The van der Waals surface area contributed by atoms with Gasteiger partial charge in [0.2, 0.25) is 0 Å². The third-order valence-corrected chi connectivity index (χ3v) is 2.25. The van der Waals surface area contributed by atoms with E-state index in [0.29, 0.717) is 0 Å². The standard InChI is InChI=1S/C10H14BrNO/c1-12-9-3-5-10(6-4-9)13-8-2-7-11/h3-6,12H,2,7-8H2,1H3.